The van der Waals surface area contributed by atoms with Crippen molar-refractivity contribution in [2.45, 2.75) is 32.7 Å². The van der Waals surface area contributed by atoms with Crippen LogP contribution in [0.15, 0.2) is 18.2 Å². The van der Waals surface area contributed by atoms with Crippen LogP contribution in [-0.2, 0) is 0 Å². The van der Waals surface area contributed by atoms with Crippen molar-refractivity contribution in [3.05, 3.63) is 33.9 Å². The second kappa shape index (κ2) is 8.61. The van der Waals surface area contributed by atoms with Gasteiger partial charge < -0.3 is 10.1 Å². The number of rotatable bonds is 8. The average molecular weight is 359 g/mol. The van der Waals surface area contributed by atoms with Crippen LogP contribution in [0.5, 0.6) is 5.75 Å². The Morgan fingerprint density at radius 3 is 2.81 bits per heavy atom. The minimum absolute atomic E-state index is 0.0104. The van der Waals surface area contributed by atoms with Crippen molar-refractivity contribution >= 4 is 27.5 Å². The number of ether oxygens (including phenoxy) is 1. The summed E-state index contributed by atoms with van der Waals surface area (Å²) in [7, 11) is 0. The van der Waals surface area contributed by atoms with Crippen LogP contribution in [0.1, 0.15) is 37.0 Å². The summed E-state index contributed by atoms with van der Waals surface area (Å²) < 4.78 is 5.30. The third kappa shape index (κ3) is 5.00. The number of para-hydroxylation sites is 1. The highest BCUT2D eigenvalue weighted by Crippen LogP contribution is 2.31. The summed E-state index contributed by atoms with van der Waals surface area (Å²) in [6.45, 7) is 3.87. The Kier molecular flexibility index (Phi) is 7.14. The number of halogens is 1. The molecule has 1 unspecified atom stereocenters. The van der Waals surface area contributed by atoms with Crippen LogP contribution in [0.25, 0.3) is 0 Å². The number of benzene rings is 1. The molecule has 0 saturated heterocycles. The van der Waals surface area contributed by atoms with Crippen LogP contribution in [0.4, 0.5) is 5.69 Å². The maximum atomic E-state index is 12.3. The number of amides is 1. The van der Waals surface area contributed by atoms with Crippen molar-refractivity contribution in [1.29, 1.82) is 0 Å². The highest BCUT2D eigenvalue weighted by Gasteiger charge is 2.23. The molecule has 0 aliphatic carbocycles. The SMILES string of the molecule is CCOc1c(C(=O)NC(C)CCCBr)cccc1[N+](=O)[O-]. The maximum absolute atomic E-state index is 12.3. The molecule has 7 heteroatoms. The van der Waals surface area contributed by atoms with Crippen molar-refractivity contribution in [3.63, 3.8) is 0 Å². The molecule has 1 rings (SSSR count). The van der Waals surface area contributed by atoms with Crippen LogP contribution >= 0.6 is 15.9 Å². The van der Waals surface area contributed by atoms with Gasteiger partial charge in [0.1, 0.15) is 0 Å². The zero-order valence-corrected chi connectivity index (χ0v) is 13.7. The second-order valence-electron chi connectivity index (χ2n) is 4.55. The fourth-order valence-electron chi connectivity index (χ4n) is 1.90. The quantitative estimate of drug-likeness (QED) is 0.439. The summed E-state index contributed by atoms with van der Waals surface area (Å²) in [6, 6.07) is 4.34. The van der Waals surface area contributed by atoms with Crippen molar-refractivity contribution < 1.29 is 14.5 Å². The van der Waals surface area contributed by atoms with E-state index in [0.717, 1.165) is 18.2 Å². The molecule has 0 spiro atoms. The fraction of sp³-hybridized carbons (Fsp3) is 0.500. The Bertz CT molecular complexity index is 508. The monoisotopic (exact) mass is 358 g/mol. The van der Waals surface area contributed by atoms with E-state index in [9.17, 15) is 14.9 Å². The standard InChI is InChI=1S/C14H19BrN2O4/c1-3-21-13-11(7-4-8-12(13)17(19)20)14(18)16-10(2)6-5-9-15/h4,7-8,10H,3,5-6,9H2,1-2H3,(H,16,18). The van der Waals surface area contributed by atoms with E-state index < -0.39 is 4.92 Å². The van der Waals surface area contributed by atoms with Crippen molar-refractivity contribution in [1.82, 2.24) is 5.32 Å². The highest BCUT2D eigenvalue weighted by atomic mass is 79.9. The molecular formula is C14H19BrN2O4. The number of hydrogen-bond donors (Lipinski definition) is 1. The number of nitro groups is 1. The zero-order valence-electron chi connectivity index (χ0n) is 12.1. The molecule has 0 fully saturated rings. The normalized spacial score (nSPS) is 11.8. The van der Waals surface area contributed by atoms with Crippen molar-refractivity contribution in [2.24, 2.45) is 0 Å². The molecule has 0 aromatic heterocycles. The summed E-state index contributed by atoms with van der Waals surface area (Å²) in [4.78, 5) is 22.7. The van der Waals surface area contributed by atoms with Gasteiger partial charge in [-0.15, -0.1) is 0 Å². The van der Waals surface area contributed by atoms with Gasteiger partial charge in [0.25, 0.3) is 5.91 Å². The predicted molar refractivity (Wildman–Crippen MR) is 84.2 cm³/mol. The molecular weight excluding hydrogens is 340 g/mol. The molecule has 0 bridgehead atoms. The Balaban J connectivity index is 2.97. The average Bonchev–Trinajstić information content (AvgIpc) is 2.45. The van der Waals surface area contributed by atoms with E-state index in [4.69, 9.17) is 4.74 Å². The Morgan fingerprint density at radius 1 is 1.52 bits per heavy atom. The lowest BCUT2D eigenvalue weighted by Gasteiger charge is -2.15. The minimum Gasteiger partial charge on any atom is -0.487 e. The maximum Gasteiger partial charge on any atom is 0.311 e. The number of nitrogens with zero attached hydrogens (tertiary/aromatic N) is 1. The molecule has 0 aliphatic heterocycles. The lowest BCUT2D eigenvalue weighted by atomic mass is 10.1. The molecule has 1 atom stereocenters. The smallest absolute Gasteiger partial charge is 0.311 e. The summed E-state index contributed by atoms with van der Waals surface area (Å²) in [5, 5.41) is 14.7. The van der Waals surface area contributed by atoms with E-state index in [1.165, 1.54) is 18.2 Å². The van der Waals surface area contributed by atoms with Crippen LogP contribution in [-0.4, -0.2) is 28.8 Å². The summed E-state index contributed by atoms with van der Waals surface area (Å²) in [5.41, 5.74) is -0.00523. The molecule has 0 saturated carbocycles. The second-order valence-corrected chi connectivity index (χ2v) is 5.34. The Hall–Kier alpha value is -1.63. The van der Waals surface area contributed by atoms with Gasteiger partial charge in [-0.3, -0.25) is 14.9 Å². The lowest BCUT2D eigenvalue weighted by Crippen LogP contribution is -2.33. The van der Waals surface area contributed by atoms with Crippen molar-refractivity contribution in [2.75, 3.05) is 11.9 Å². The van der Waals surface area contributed by atoms with Gasteiger partial charge in [0, 0.05) is 17.4 Å². The van der Waals surface area contributed by atoms with Gasteiger partial charge in [0.05, 0.1) is 17.1 Å². The number of nitro benzene ring substituents is 1. The first-order chi connectivity index (χ1) is 10.0. The first kappa shape index (κ1) is 17.4. The Morgan fingerprint density at radius 2 is 2.24 bits per heavy atom. The van der Waals surface area contributed by atoms with E-state index in [-0.39, 0.29) is 35.6 Å². The third-order valence-electron chi connectivity index (χ3n) is 2.87. The van der Waals surface area contributed by atoms with Crippen LogP contribution < -0.4 is 10.1 Å². The molecule has 1 N–H and O–H groups in total. The minimum atomic E-state index is -0.546. The molecule has 0 heterocycles. The van der Waals surface area contributed by atoms with Gasteiger partial charge in [0.2, 0.25) is 5.75 Å². The van der Waals surface area contributed by atoms with Crippen molar-refractivity contribution in [3.8, 4) is 5.75 Å². The Labute approximate surface area is 132 Å². The highest BCUT2D eigenvalue weighted by molar-refractivity contribution is 9.09. The van der Waals surface area contributed by atoms with Crippen LogP contribution in [0.3, 0.4) is 0 Å². The lowest BCUT2D eigenvalue weighted by molar-refractivity contribution is -0.385. The topological polar surface area (TPSA) is 81.5 Å². The number of hydrogen-bond acceptors (Lipinski definition) is 4. The van der Waals surface area contributed by atoms with E-state index in [0.29, 0.717) is 0 Å². The van der Waals surface area contributed by atoms with Gasteiger partial charge in [-0.25, -0.2) is 0 Å². The van der Waals surface area contributed by atoms with E-state index in [1.54, 1.807) is 6.92 Å². The molecule has 1 amide bonds. The van der Waals surface area contributed by atoms with E-state index >= 15 is 0 Å². The molecule has 0 radical (unpaired) electrons. The predicted octanol–water partition coefficient (Wildman–Crippen LogP) is 3.29. The van der Waals surface area contributed by atoms with Crippen LogP contribution in [0.2, 0.25) is 0 Å². The van der Waals surface area contributed by atoms with Gasteiger partial charge in [-0.1, -0.05) is 22.0 Å². The fourth-order valence-corrected chi connectivity index (χ4v) is 2.22. The van der Waals surface area contributed by atoms with E-state index in [2.05, 4.69) is 21.2 Å². The summed E-state index contributed by atoms with van der Waals surface area (Å²) >= 11 is 3.34. The zero-order chi connectivity index (χ0) is 15.8. The van der Waals surface area contributed by atoms with Gasteiger partial charge in [-0.2, -0.15) is 0 Å². The number of carbonyl (C=O) groups excluding carboxylic acids is 1. The molecule has 0 aliphatic rings. The molecule has 6 nitrogen and oxygen atoms in total. The van der Waals surface area contributed by atoms with Gasteiger partial charge in [-0.05, 0) is 32.8 Å². The van der Waals surface area contributed by atoms with Gasteiger partial charge >= 0.3 is 5.69 Å². The summed E-state index contributed by atoms with van der Waals surface area (Å²) in [5.74, 6) is -0.334. The molecule has 1 aromatic rings. The first-order valence-corrected chi connectivity index (χ1v) is 7.90. The number of nitrogens with one attached hydrogen (secondary N) is 1. The molecule has 1 aromatic carbocycles. The third-order valence-corrected chi connectivity index (χ3v) is 3.43. The van der Waals surface area contributed by atoms with Crippen LogP contribution in [0, 0.1) is 10.1 Å². The number of carbonyl (C=O) groups is 1. The summed E-state index contributed by atoms with van der Waals surface area (Å²) in [6.07, 6.45) is 1.77. The van der Waals surface area contributed by atoms with Gasteiger partial charge in [0.15, 0.2) is 0 Å². The van der Waals surface area contributed by atoms with E-state index in [1.807, 2.05) is 6.92 Å². The molecule has 21 heavy (non-hydrogen) atoms. The number of alkyl halides is 1. The largest absolute Gasteiger partial charge is 0.487 e. The first-order valence-electron chi connectivity index (χ1n) is 6.78. The molecule has 116 valence electrons.